The van der Waals surface area contributed by atoms with Gasteiger partial charge >= 0.3 is 0 Å². The summed E-state index contributed by atoms with van der Waals surface area (Å²) in [5.74, 6) is 0.827. The molecule has 0 saturated heterocycles. The molecule has 0 saturated carbocycles. The fourth-order valence-corrected chi connectivity index (χ4v) is 0.880. The highest BCUT2D eigenvalue weighted by Crippen LogP contribution is 2.09. The molecule has 0 aromatic rings. The third kappa shape index (κ3) is 8.67. The van der Waals surface area contributed by atoms with Gasteiger partial charge in [-0.3, -0.25) is 0 Å². The fraction of sp³-hybridized carbons (Fsp3) is 0.667. The Morgan fingerprint density at radius 3 is 2.44 bits per heavy atom. The van der Waals surface area contributed by atoms with Crippen LogP contribution < -0.4 is 0 Å². The van der Waals surface area contributed by atoms with E-state index in [1.807, 2.05) is 0 Å². The monoisotopic (exact) mass is 183 g/mol. The summed E-state index contributed by atoms with van der Waals surface area (Å²) in [6.07, 6.45) is 4.91. The molecule has 0 N–H and O–H groups in total. The van der Waals surface area contributed by atoms with Crippen LogP contribution in [-0.4, -0.2) is 5.75 Å². The Balaban J connectivity index is 3.00. The van der Waals surface area contributed by atoms with Crippen molar-refractivity contribution in [2.45, 2.75) is 19.3 Å². The molecule has 0 aromatic carbocycles. The molecule has 0 heterocycles. The Labute approximate surface area is 71.6 Å². The molecular formula is C6H9Cl2S. The molecule has 0 unspecified atom stereocenters. The average Bonchev–Trinajstić information content (AvgIpc) is 1.80. The lowest BCUT2D eigenvalue weighted by Gasteiger charge is -1.89. The summed E-state index contributed by atoms with van der Waals surface area (Å²) in [5, 5.41) is 0. The van der Waals surface area contributed by atoms with E-state index < -0.39 is 0 Å². The first kappa shape index (κ1) is 9.67. The summed E-state index contributed by atoms with van der Waals surface area (Å²) in [5.41, 5.74) is 0. The molecule has 0 aliphatic rings. The van der Waals surface area contributed by atoms with Gasteiger partial charge in [0.15, 0.2) is 0 Å². The fourth-order valence-electron chi connectivity index (χ4n) is 0.458. The maximum atomic E-state index is 5.36. The van der Waals surface area contributed by atoms with Crippen LogP contribution >= 0.6 is 35.8 Å². The van der Waals surface area contributed by atoms with Gasteiger partial charge in [-0.1, -0.05) is 41.9 Å². The van der Waals surface area contributed by atoms with Crippen molar-refractivity contribution in [2.75, 3.05) is 5.75 Å². The quantitative estimate of drug-likeness (QED) is 0.584. The zero-order valence-corrected chi connectivity index (χ0v) is 7.40. The Hall–Kier alpha value is 0.670. The van der Waals surface area contributed by atoms with E-state index in [-0.39, 0.29) is 0 Å². The third-order valence-electron chi connectivity index (χ3n) is 0.897. The Morgan fingerprint density at radius 1 is 1.33 bits per heavy atom. The van der Waals surface area contributed by atoms with Crippen molar-refractivity contribution in [3.8, 4) is 0 Å². The van der Waals surface area contributed by atoms with E-state index in [0.29, 0.717) is 4.49 Å². The highest BCUT2D eigenvalue weighted by molar-refractivity contribution is 7.80. The highest BCUT2D eigenvalue weighted by atomic mass is 35.5. The largest absolute Gasteiger partial charge is 0.102 e. The maximum Gasteiger partial charge on any atom is 0.102 e. The van der Waals surface area contributed by atoms with Gasteiger partial charge in [0, 0.05) is 5.75 Å². The van der Waals surface area contributed by atoms with Gasteiger partial charge in [0.1, 0.15) is 4.49 Å². The van der Waals surface area contributed by atoms with E-state index in [1.165, 1.54) is 0 Å². The van der Waals surface area contributed by atoms with Crippen LogP contribution in [0.3, 0.4) is 0 Å². The highest BCUT2D eigenvalue weighted by Gasteiger charge is 1.84. The van der Waals surface area contributed by atoms with Crippen LogP contribution in [0, 0.1) is 0 Å². The molecule has 0 rings (SSSR count). The molecule has 0 spiro atoms. The predicted octanol–water partition coefficient (Wildman–Crippen LogP) is 3.67. The molecule has 53 valence electrons. The van der Waals surface area contributed by atoms with E-state index >= 15 is 0 Å². The van der Waals surface area contributed by atoms with Crippen LogP contribution in [0.4, 0.5) is 0 Å². The van der Waals surface area contributed by atoms with Gasteiger partial charge in [-0.25, -0.2) is 0 Å². The number of rotatable bonds is 4. The normalized spacial score (nSPS) is 9.22. The molecule has 9 heavy (non-hydrogen) atoms. The number of hydrogen-bond donors (Lipinski definition) is 0. The van der Waals surface area contributed by atoms with Crippen LogP contribution in [0.5, 0.6) is 0 Å². The molecule has 1 radical (unpaired) electrons. The van der Waals surface area contributed by atoms with Gasteiger partial charge in [0.25, 0.3) is 0 Å². The Morgan fingerprint density at radius 2 is 2.00 bits per heavy atom. The maximum absolute atomic E-state index is 5.36. The van der Waals surface area contributed by atoms with Gasteiger partial charge in [-0.15, -0.1) is 0 Å². The standard InChI is InChI=1S/C6H9Cl2S/c7-6(8)4-2-1-3-5-9/h4H,1-3,5H2. The van der Waals surface area contributed by atoms with Crippen LogP contribution in [0.25, 0.3) is 0 Å². The van der Waals surface area contributed by atoms with Gasteiger partial charge in [-0.05, 0) is 19.3 Å². The summed E-state index contributed by atoms with van der Waals surface area (Å²) >= 11 is 15.5. The molecular weight excluding hydrogens is 175 g/mol. The molecule has 0 fully saturated rings. The van der Waals surface area contributed by atoms with Crippen molar-refractivity contribution in [3.63, 3.8) is 0 Å². The molecule has 0 nitrogen and oxygen atoms in total. The zero-order chi connectivity index (χ0) is 7.11. The van der Waals surface area contributed by atoms with Crippen LogP contribution in [0.2, 0.25) is 0 Å². The molecule has 0 aliphatic heterocycles. The smallest absolute Gasteiger partial charge is 0.0942 e. The first-order chi connectivity index (χ1) is 4.27. The zero-order valence-electron chi connectivity index (χ0n) is 5.07. The lowest BCUT2D eigenvalue weighted by molar-refractivity contribution is 0.825. The predicted molar refractivity (Wildman–Crippen MR) is 46.1 cm³/mol. The molecule has 0 bridgehead atoms. The van der Waals surface area contributed by atoms with E-state index in [0.717, 1.165) is 25.0 Å². The second-order valence-corrected chi connectivity index (χ2v) is 3.11. The van der Waals surface area contributed by atoms with E-state index in [1.54, 1.807) is 6.08 Å². The summed E-state index contributed by atoms with van der Waals surface area (Å²) in [6, 6.07) is 0. The minimum Gasteiger partial charge on any atom is -0.0942 e. The van der Waals surface area contributed by atoms with Crippen molar-refractivity contribution in [3.05, 3.63) is 10.6 Å². The SMILES string of the molecule is [S]CCCCC=C(Cl)Cl. The Bertz CT molecular complexity index is 87.1. The van der Waals surface area contributed by atoms with Crippen LogP contribution in [0.15, 0.2) is 10.6 Å². The van der Waals surface area contributed by atoms with Gasteiger partial charge in [0.2, 0.25) is 0 Å². The Kier molecular flexibility index (Phi) is 7.29. The minimum absolute atomic E-state index is 0.361. The number of hydrogen-bond acceptors (Lipinski definition) is 0. The molecule has 3 heteroatoms. The number of allylic oxidation sites excluding steroid dienone is 1. The second kappa shape index (κ2) is 6.79. The van der Waals surface area contributed by atoms with Crippen LogP contribution in [0.1, 0.15) is 19.3 Å². The topological polar surface area (TPSA) is 0 Å². The summed E-state index contributed by atoms with van der Waals surface area (Å²) in [6.45, 7) is 0. The molecule has 0 atom stereocenters. The van der Waals surface area contributed by atoms with Gasteiger partial charge < -0.3 is 0 Å². The van der Waals surface area contributed by atoms with Crippen LogP contribution in [-0.2, 0) is 0 Å². The van der Waals surface area contributed by atoms with Crippen molar-refractivity contribution in [1.29, 1.82) is 0 Å². The lowest BCUT2D eigenvalue weighted by atomic mass is 10.2. The van der Waals surface area contributed by atoms with Crippen molar-refractivity contribution >= 4 is 35.8 Å². The lowest BCUT2D eigenvalue weighted by Crippen LogP contribution is -1.73. The van der Waals surface area contributed by atoms with E-state index in [4.69, 9.17) is 35.8 Å². The number of unbranched alkanes of at least 4 members (excludes halogenated alkanes) is 2. The van der Waals surface area contributed by atoms with Gasteiger partial charge in [0.05, 0.1) is 0 Å². The van der Waals surface area contributed by atoms with Gasteiger partial charge in [-0.2, -0.15) is 0 Å². The van der Waals surface area contributed by atoms with E-state index in [9.17, 15) is 0 Å². The first-order valence-electron chi connectivity index (χ1n) is 2.86. The van der Waals surface area contributed by atoms with Crippen molar-refractivity contribution < 1.29 is 0 Å². The first-order valence-corrected chi connectivity index (χ1v) is 4.20. The summed E-state index contributed by atoms with van der Waals surface area (Å²) in [4.78, 5) is 0. The molecule has 0 aromatic heterocycles. The molecule has 0 aliphatic carbocycles. The third-order valence-corrected chi connectivity index (χ3v) is 1.49. The average molecular weight is 184 g/mol. The number of halogens is 2. The summed E-state index contributed by atoms with van der Waals surface area (Å²) < 4.78 is 0.361. The summed E-state index contributed by atoms with van der Waals surface area (Å²) in [7, 11) is 0. The van der Waals surface area contributed by atoms with Crippen molar-refractivity contribution in [1.82, 2.24) is 0 Å². The van der Waals surface area contributed by atoms with E-state index in [2.05, 4.69) is 0 Å². The second-order valence-electron chi connectivity index (χ2n) is 1.69. The van der Waals surface area contributed by atoms with Crippen molar-refractivity contribution in [2.24, 2.45) is 0 Å². The molecule has 0 amide bonds. The minimum atomic E-state index is 0.361.